The molecule has 1 atom stereocenters. The van der Waals surface area contributed by atoms with E-state index in [0.29, 0.717) is 23.0 Å². The number of benzene rings is 1. The third-order valence-corrected chi connectivity index (χ3v) is 5.50. The van der Waals surface area contributed by atoms with Crippen molar-refractivity contribution in [2.24, 2.45) is 0 Å². The highest BCUT2D eigenvalue weighted by Crippen LogP contribution is 2.38. The van der Waals surface area contributed by atoms with Crippen LogP contribution in [0, 0.1) is 6.92 Å². The summed E-state index contributed by atoms with van der Waals surface area (Å²) >= 11 is 6.18. The first-order valence-corrected chi connectivity index (χ1v) is 8.97. The minimum atomic E-state index is 0.0695. The van der Waals surface area contributed by atoms with E-state index in [9.17, 15) is 4.79 Å². The van der Waals surface area contributed by atoms with Crippen molar-refractivity contribution in [3.8, 4) is 0 Å². The van der Waals surface area contributed by atoms with Crippen molar-refractivity contribution in [1.82, 2.24) is 19.9 Å². The SMILES string of the molecule is Cc1c(Cl)cccc1C(=O)N1CCC[C@H]1Cn1cc(C2CC2)nn1. The molecule has 6 heteroatoms. The second-order valence-electron chi connectivity index (χ2n) is 6.85. The number of likely N-dealkylation sites (tertiary alicyclic amines) is 1. The van der Waals surface area contributed by atoms with Crippen molar-refractivity contribution in [2.45, 2.75) is 51.1 Å². The summed E-state index contributed by atoms with van der Waals surface area (Å²) in [4.78, 5) is 14.9. The molecular weight excluding hydrogens is 324 g/mol. The Kier molecular flexibility index (Phi) is 4.04. The molecule has 1 aliphatic heterocycles. The Morgan fingerprint density at radius 2 is 2.17 bits per heavy atom. The molecule has 1 aliphatic carbocycles. The molecule has 1 aromatic carbocycles. The molecule has 2 aliphatic rings. The van der Waals surface area contributed by atoms with Gasteiger partial charge in [-0.3, -0.25) is 9.48 Å². The van der Waals surface area contributed by atoms with Gasteiger partial charge in [0.1, 0.15) is 0 Å². The van der Waals surface area contributed by atoms with Gasteiger partial charge >= 0.3 is 0 Å². The largest absolute Gasteiger partial charge is 0.334 e. The predicted molar refractivity (Wildman–Crippen MR) is 92.2 cm³/mol. The summed E-state index contributed by atoms with van der Waals surface area (Å²) in [6.07, 6.45) is 6.52. The van der Waals surface area contributed by atoms with Gasteiger partial charge in [-0.25, -0.2) is 0 Å². The van der Waals surface area contributed by atoms with E-state index in [1.54, 1.807) is 0 Å². The molecule has 0 N–H and O–H groups in total. The van der Waals surface area contributed by atoms with Crippen LogP contribution in [0.25, 0.3) is 0 Å². The fourth-order valence-electron chi connectivity index (χ4n) is 3.47. The van der Waals surface area contributed by atoms with E-state index in [1.165, 1.54) is 12.8 Å². The Labute approximate surface area is 146 Å². The molecule has 0 spiro atoms. The number of carbonyl (C=O) groups excluding carboxylic acids is 1. The molecule has 2 fully saturated rings. The summed E-state index contributed by atoms with van der Waals surface area (Å²) in [7, 11) is 0. The van der Waals surface area contributed by atoms with Gasteiger partial charge in [0.2, 0.25) is 0 Å². The summed E-state index contributed by atoms with van der Waals surface area (Å²) < 4.78 is 1.90. The maximum atomic E-state index is 13.0. The molecule has 0 bridgehead atoms. The summed E-state index contributed by atoms with van der Waals surface area (Å²) in [5.41, 5.74) is 2.65. The number of carbonyl (C=O) groups is 1. The lowest BCUT2D eigenvalue weighted by atomic mass is 10.1. The van der Waals surface area contributed by atoms with Gasteiger partial charge in [0.25, 0.3) is 5.91 Å². The Morgan fingerprint density at radius 3 is 2.96 bits per heavy atom. The fraction of sp³-hybridized carbons (Fsp3) is 0.500. The third kappa shape index (κ3) is 2.93. The van der Waals surface area contributed by atoms with Crippen molar-refractivity contribution >= 4 is 17.5 Å². The molecule has 2 heterocycles. The molecule has 0 unspecified atom stereocenters. The summed E-state index contributed by atoms with van der Waals surface area (Å²) in [6.45, 7) is 3.41. The van der Waals surface area contributed by atoms with E-state index in [4.69, 9.17) is 11.6 Å². The van der Waals surface area contributed by atoms with Crippen LogP contribution in [-0.4, -0.2) is 38.4 Å². The molecule has 4 rings (SSSR count). The maximum Gasteiger partial charge on any atom is 0.254 e. The van der Waals surface area contributed by atoms with Crippen molar-refractivity contribution < 1.29 is 4.79 Å². The first kappa shape index (κ1) is 15.6. The normalized spacial score (nSPS) is 20.6. The van der Waals surface area contributed by atoms with Gasteiger partial charge in [-0.15, -0.1) is 5.10 Å². The number of amides is 1. The molecule has 1 saturated heterocycles. The van der Waals surface area contributed by atoms with Crippen LogP contribution in [0.1, 0.15) is 53.2 Å². The smallest absolute Gasteiger partial charge is 0.254 e. The summed E-state index contributed by atoms with van der Waals surface area (Å²) in [5, 5.41) is 9.15. The number of halogens is 1. The number of hydrogen-bond donors (Lipinski definition) is 0. The average molecular weight is 345 g/mol. The summed E-state index contributed by atoms with van der Waals surface area (Å²) in [6, 6.07) is 5.70. The minimum Gasteiger partial charge on any atom is -0.334 e. The molecule has 1 saturated carbocycles. The third-order valence-electron chi connectivity index (χ3n) is 5.09. The van der Waals surface area contributed by atoms with Gasteiger partial charge in [-0.1, -0.05) is 22.9 Å². The van der Waals surface area contributed by atoms with Crippen LogP contribution in [0.4, 0.5) is 0 Å². The van der Waals surface area contributed by atoms with Crippen LogP contribution in [-0.2, 0) is 6.54 Å². The molecular formula is C18H21ClN4O. The van der Waals surface area contributed by atoms with Crippen LogP contribution in [0.15, 0.2) is 24.4 Å². The van der Waals surface area contributed by atoms with E-state index in [-0.39, 0.29) is 11.9 Å². The lowest BCUT2D eigenvalue weighted by molar-refractivity contribution is 0.0720. The zero-order chi connectivity index (χ0) is 16.7. The highest BCUT2D eigenvalue weighted by molar-refractivity contribution is 6.31. The Hall–Kier alpha value is -1.88. The number of aromatic nitrogens is 3. The predicted octanol–water partition coefficient (Wildman–Crippen LogP) is 3.42. The number of nitrogens with zero attached hydrogens (tertiary/aromatic N) is 4. The molecule has 1 amide bonds. The standard InChI is InChI=1S/C18H21ClN4O/c1-12-15(5-2-6-16(12)19)18(24)23-9-3-4-14(23)10-22-11-17(20-21-22)13-7-8-13/h2,5-6,11,13-14H,3-4,7-10H2,1H3/t14-/m0/s1. The van der Waals surface area contributed by atoms with Crippen molar-refractivity contribution in [3.05, 3.63) is 46.2 Å². The van der Waals surface area contributed by atoms with Gasteiger partial charge < -0.3 is 4.90 Å². The summed E-state index contributed by atoms with van der Waals surface area (Å²) in [5.74, 6) is 0.675. The van der Waals surface area contributed by atoms with Gasteiger partial charge in [0, 0.05) is 29.2 Å². The average Bonchev–Trinajstić information content (AvgIpc) is 3.14. The lowest BCUT2D eigenvalue weighted by Gasteiger charge is -2.25. The van der Waals surface area contributed by atoms with Crippen molar-refractivity contribution in [1.29, 1.82) is 0 Å². The minimum absolute atomic E-state index is 0.0695. The van der Waals surface area contributed by atoms with E-state index in [2.05, 4.69) is 10.3 Å². The van der Waals surface area contributed by atoms with Crippen molar-refractivity contribution in [2.75, 3.05) is 6.54 Å². The molecule has 1 aromatic heterocycles. The number of rotatable bonds is 4. The molecule has 5 nitrogen and oxygen atoms in total. The Bertz CT molecular complexity index is 768. The Balaban J connectivity index is 1.51. The van der Waals surface area contributed by atoms with E-state index >= 15 is 0 Å². The number of hydrogen-bond acceptors (Lipinski definition) is 3. The van der Waals surface area contributed by atoms with Crippen LogP contribution >= 0.6 is 11.6 Å². The van der Waals surface area contributed by atoms with Crippen molar-refractivity contribution in [3.63, 3.8) is 0 Å². The van der Waals surface area contributed by atoms with Crippen LogP contribution < -0.4 is 0 Å². The topological polar surface area (TPSA) is 51.0 Å². The Morgan fingerprint density at radius 1 is 1.33 bits per heavy atom. The van der Waals surface area contributed by atoms with Gasteiger partial charge in [-0.05, 0) is 50.3 Å². The second kappa shape index (κ2) is 6.20. The highest BCUT2D eigenvalue weighted by atomic mass is 35.5. The van der Waals surface area contributed by atoms with Crippen LogP contribution in [0.3, 0.4) is 0 Å². The monoisotopic (exact) mass is 344 g/mol. The molecule has 126 valence electrons. The van der Waals surface area contributed by atoms with Gasteiger partial charge in [0.05, 0.1) is 18.3 Å². The first-order valence-electron chi connectivity index (χ1n) is 8.59. The molecule has 24 heavy (non-hydrogen) atoms. The highest BCUT2D eigenvalue weighted by Gasteiger charge is 2.32. The molecule has 0 radical (unpaired) electrons. The zero-order valence-corrected chi connectivity index (χ0v) is 14.5. The van der Waals surface area contributed by atoms with E-state index in [1.807, 2.05) is 40.9 Å². The first-order chi connectivity index (χ1) is 11.6. The van der Waals surface area contributed by atoms with Crippen LogP contribution in [0.2, 0.25) is 5.02 Å². The maximum absolute atomic E-state index is 13.0. The van der Waals surface area contributed by atoms with Gasteiger partial charge in [0.15, 0.2) is 0 Å². The van der Waals surface area contributed by atoms with Crippen LogP contribution in [0.5, 0.6) is 0 Å². The fourth-order valence-corrected chi connectivity index (χ4v) is 3.65. The molecule has 2 aromatic rings. The zero-order valence-electron chi connectivity index (χ0n) is 13.8. The van der Waals surface area contributed by atoms with E-state index < -0.39 is 0 Å². The van der Waals surface area contributed by atoms with E-state index in [0.717, 1.165) is 30.6 Å². The van der Waals surface area contributed by atoms with Gasteiger partial charge in [-0.2, -0.15) is 0 Å². The second-order valence-corrected chi connectivity index (χ2v) is 7.25. The lowest BCUT2D eigenvalue weighted by Crippen LogP contribution is -2.38. The quantitative estimate of drug-likeness (QED) is 0.853.